The molecule has 0 aromatic rings. The summed E-state index contributed by atoms with van der Waals surface area (Å²) >= 11 is 0. The highest BCUT2D eigenvalue weighted by atomic mass is 35.5. The third kappa shape index (κ3) is 3.71. The van der Waals surface area contributed by atoms with Gasteiger partial charge in [-0.25, -0.2) is 4.79 Å². The molecule has 0 unspecified atom stereocenters. The molecule has 0 amide bonds. The maximum Gasteiger partial charge on any atom is 0.331 e. The Labute approximate surface area is 112 Å². The average molecular weight is 278 g/mol. The summed E-state index contributed by atoms with van der Waals surface area (Å²) in [6.45, 7) is 3.98. The van der Waals surface area contributed by atoms with Gasteiger partial charge >= 0.3 is 11.9 Å². The Balaban J connectivity index is 0.00000289. The molecule has 1 aliphatic rings. The van der Waals surface area contributed by atoms with Gasteiger partial charge in [-0.1, -0.05) is 19.4 Å². The van der Waals surface area contributed by atoms with Crippen LogP contribution in [0.2, 0.25) is 0 Å². The van der Waals surface area contributed by atoms with Gasteiger partial charge in [0.25, 0.3) is 0 Å². The Hall–Kier alpha value is -1.07. The van der Waals surface area contributed by atoms with Gasteiger partial charge in [0, 0.05) is 12.0 Å². The topological polar surface area (TPSA) is 101 Å². The monoisotopic (exact) mass is 277 g/mol. The number of halogens is 1. The summed E-state index contributed by atoms with van der Waals surface area (Å²) in [5.41, 5.74) is 6.29. The average Bonchev–Trinajstić information content (AvgIpc) is 2.53. The predicted octanol–water partition coefficient (Wildman–Crippen LogP) is 1.80. The van der Waals surface area contributed by atoms with Crippen LogP contribution in [0.15, 0.2) is 11.1 Å². The van der Waals surface area contributed by atoms with Crippen molar-refractivity contribution in [2.24, 2.45) is 11.1 Å². The summed E-state index contributed by atoms with van der Waals surface area (Å²) in [4.78, 5) is 21.9. The van der Waals surface area contributed by atoms with E-state index in [2.05, 4.69) is 0 Å². The lowest BCUT2D eigenvalue weighted by Crippen LogP contribution is -2.32. The summed E-state index contributed by atoms with van der Waals surface area (Å²) in [5.74, 6) is -2.22. The number of allylic oxidation sites excluding steroid dienone is 1. The third-order valence-corrected chi connectivity index (χ3v) is 3.41. The van der Waals surface area contributed by atoms with Gasteiger partial charge in [-0.2, -0.15) is 0 Å². The molecule has 1 rings (SSSR count). The number of carboxylic acids is 2. The lowest BCUT2D eigenvalue weighted by Gasteiger charge is -2.23. The molecule has 1 fully saturated rings. The lowest BCUT2D eigenvalue weighted by atomic mass is 9.82. The van der Waals surface area contributed by atoms with Crippen LogP contribution < -0.4 is 5.73 Å². The summed E-state index contributed by atoms with van der Waals surface area (Å²) in [6, 6.07) is -1.15. The first-order chi connectivity index (χ1) is 7.75. The molecule has 0 bridgehead atoms. The van der Waals surface area contributed by atoms with Crippen LogP contribution in [-0.2, 0) is 9.59 Å². The molecule has 0 aliphatic heterocycles. The van der Waals surface area contributed by atoms with Crippen molar-refractivity contribution in [3.05, 3.63) is 11.1 Å². The Morgan fingerprint density at radius 2 is 1.94 bits per heavy atom. The molecular weight excluding hydrogens is 258 g/mol. The molecule has 104 valence electrons. The highest BCUT2D eigenvalue weighted by Crippen LogP contribution is 2.44. The minimum atomic E-state index is -1.17. The van der Waals surface area contributed by atoms with E-state index in [4.69, 9.17) is 10.8 Å². The second kappa shape index (κ2) is 6.20. The van der Waals surface area contributed by atoms with E-state index in [0.717, 1.165) is 24.8 Å². The number of hydrogen-bond acceptors (Lipinski definition) is 3. The van der Waals surface area contributed by atoms with Crippen LogP contribution in [0.4, 0.5) is 0 Å². The first kappa shape index (κ1) is 16.9. The standard InChI is InChI=1S/C12H19NO4.ClH/c1-12(2)5-3-4-8(12)7(10(14)15)6-9(13)11(16)17;/h9H,3-6,13H2,1-2H3,(H,14,15)(H,16,17);1H/b8-7-;/t9-;/m0./s1. The largest absolute Gasteiger partial charge is 0.480 e. The van der Waals surface area contributed by atoms with Gasteiger partial charge in [0.1, 0.15) is 6.04 Å². The summed E-state index contributed by atoms with van der Waals surface area (Å²) in [5, 5.41) is 17.9. The molecular formula is C12H20ClNO4. The summed E-state index contributed by atoms with van der Waals surface area (Å²) in [6.07, 6.45) is 2.49. The number of nitrogens with two attached hydrogens (primary N) is 1. The summed E-state index contributed by atoms with van der Waals surface area (Å²) in [7, 11) is 0. The van der Waals surface area contributed by atoms with Crippen molar-refractivity contribution in [3.8, 4) is 0 Å². The Morgan fingerprint density at radius 3 is 2.28 bits per heavy atom. The van der Waals surface area contributed by atoms with Crippen LogP contribution in [0, 0.1) is 5.41 Å². The highest BCUT2D eigenvalue weighted by molar-refractivity contribution is 5.89. The lowest BCUT2D eigenvalue weighted by molar-refractivity contribution is -0.138. The molecule has 0 spiro atoms. The van der Waals surface area contributed by atoms with E-state index in [9.17, 15) is 14.7 Å². The molecule has 1 aliphatic carbocycles. The second-order valence-electron chi connectivity index (χ2n) is 5.15. The summed E-state index contributed by atoms with van der Waals surface area (Å²) < 4.78 is 0. The van der Waals surface area contributed by atoms with Gasteiger partial charge < -0.3 is 15.9 Å². The minimum Gasteiger partial charge on any atom is -0.480 e. The highest BCUT2D eigenvalue weighted by Gasteiger charge is 2.34. The Kier molecular flexibility index (Phi) is 5.83. The smallest absolute Gasteiger partial charge is 0.331 e. The molecule has 1 saturated carbocycles. The minimum absolute atomic E-state index is 0. The molecule has 0 aromatic heterocycles. The quantitative estimate of drug-likeness (QED) is 0.680. The van der Waals surface area contributed by atoms with Crippen LogP contribution in [-0.4, -0.2) is 28.2 Å². The van der Waals surface area contributed by atoms with Crippen molar-refractivity contribution in [2.75, 3.05) is 0 Å². The van der Waals surface area contributed by atoms with Crippen molar-refractivity contribution >= 4 is 24.3 Å². The predicted molar refractivity (Wildman–Crippen MR) is 69.8 cm³/mol. The molecule has 0 saturated heterocycles. The van der Waals surface area contributed by atoms with Crippen molar-refractivity contribution in [1.82, 2.24) is 0 Å². The van der Waals surface area contributed by atoms with Gasteiger partial charge in [-0.15, -0.1) is 12.4 Å². The maximum atomic E-state index is 11.2. The van der Waals surface area contributed by atoms with E-state index in [1.165, 1.54) is 0 Å². The molecule has 6 heteroatoms. The first-order valence-corrected chi connectivity index (χ1v) is 5.70. The van der Waals surface area contributed by atoms with Gasteiger partial charge in [0.2, 0.25) is 0 Å². The van der Waals surface area contributed by atoms with Crippen LogP contribution in [0.3, 0.4) is 0 Å². The Morgan fingerprint density at radius 1 is 1.39 bits per heavy atom. The Bertz CT molecular complexity index is 376. The van der Waals surface area contributed by atoms with E-state index < -0.39 is 18.0 Å². The molecule has 0 heterocycles. The number of hydrogen-bond donors (Lipinski definition) is 3. The number of carbonyl (C=O) groups is 2. The van der Waals surface area contributed by atoms with E-state index in [1.807, 2.05) is 13.8 Å². The van der Waals surface area contributed by atoms with E-state index in [1.54, 1.807) is 0 Å². The van der Waals surface area contributed by atoms with Crippen molar-refractivity contribution in [3.63, 3.8) is 0 Å². The zero-order valence-electron chi connectivity index (χ0n) is 10.6. The molecule has 4 N–H and O–H groups in total. The van der Waals surface area contributed by atoms with Crippen molar-refractivity contribution < 1.29 is 19.8 Å². The van der Waals surface area contributed by atoms with E-state index >= 15 is 0 Å². The van der Waals surface area contributed by atoms with Gasteiger partial charge in [0.05, 0.1) is 0 Å². The fourth-order valence-corrected chi connectivity index (χ4v) is 2.40. The van der Waals surface area contributed by atoms with Gasteiger partial charge in [0.15, 0.2) is 0 Å². The van der Waals surface area contributed by atoms with Crippen LogP contribution in [0.5, 0.6) is 0 Å². The first-order valence-electron chi connectivity index (χ1n) is 5.70. The van der Waals surface area contributed by atoms with E-state index in [-0.39, 0.29) is 29.8 Å². The SMILES string of the molecule is CC1(C)CCC/C1=C(\C[C@H](N)C(=O)O)C(=O)O.Cl. The normalized spacial score (nSPS) is 21.9. The molecule has 0 radical (unpaired) electrons. The molecule has 1 atom stereocenters. The zero-order valence-corrected chi connectivity index (χ0v) is 11.4. The molecule has 0 aromatic carbocycles. The fourth-order valence-electron chi connectivity index (χ4n) is 2.40. The van der Waals surface area contributed by atoms with Crippen molar-refractivity contribution in [1.29, 1.82) is 0 Å². The number of carboxylic acid groups (broad SMARTS) is 2. The number of aliphatic carboxylic acids is 2. The van der Waals surface area contributed by atoms with Crippen LogP contribution in [0.1, 0.15) is 39.5 Å². The van der Waals surface area contributed by atoms with Crippen molar-refractivity contribution in [2.45, 2.75) is 45.6 Å². The van der Waals surface area contributed by atoms with Crippen LogP contribution in [0.25, 0.3) is 0 Å². The number of rotatable bonds is 4. The fraction of sp³-hybridized carbons (Fsp3) is 0.667. The van der Waals surface area contributed by atoms with E-state index in [0.29, 0.717) is 0 Å². The van der Waals surface area contributed by atoms with Gasteiger partial charge in [-0.3, -0.25) is 4.79 Å². The molecule has 18 heavy (non-hydrogen) atoms. The zero-order chi connectivity index (χ0) is 13.2. The maximum absolute atomic E-state index is 11.2. The third-order valence-electron chi connectivity index (χ3n) is 3.41. The van der Waals surface area contributed by atoms with Crippen LogP contribution >= 0.6 is 12.4 Å². The molecule has 5 nitrogen and oxygen atoms in total. The van der Waals surface area contributed by atoms with Gasteiger partial charge in [-0.05, 0) is 24.7 Å². The second-order valence-corrected chi connectivity index (χ2v) is 5.15.